The third-order valence-corrected chi connectivity index (χ3v) is 5.72. The van der Waals surface area contributed by atoms with Gasteiger partial charge in [-0.15, -0.1) is 0 Å². The molecule has 0 aliphatic heterocycles. The van der Waals surface area contributed by atoms with Crippen molar-refractivity contribution in [2.45, 2.75) is 136 Å². The molecule has 0 spiro atoms. The molecule has 0 saturated carbocycles. The molecule has 198 valence electrons. The standard InChI is InChI=1S/C29H52O5/c1-3-5-6-7-8-9-10-11-12-13-14-15-16-17-18-19-20-21-22-24-29(32)34-27(25-30)26-33-28(31)23-4-2/h8-9,11-12,27,30H,3-7,10,13-26H2,1-2H3/b9-8-,12-11-. The molecule has 0 aliphatic rings. The summed E-state index contributed by atoms with van der Waals surface area (Å²) in [7, 11) is 0. The van der Waals surface area contributed by atoms with Crippen LogP contribution in [0.25, 0.3) is 0 Å². The number of aliphatic hydroxyl groups is 1. The molecule has 0 rings (SSSR count). The molecule has 34 heavy (non-hydrogen) atoms. The van der Waals surface area contributed by atoms with E-state index in [1.165, 1.54) is 70.6 Å². The summed E-state index contributed by atoms with van der Waals surface area (Å²) in [6, 6.07) is 0. The number of rotatable bonds is 24. The fourth-order valence-corrected chi connectivity index (χ4v) is 3.62. The topological polar surface area (TPSA) is 72.8 Å². The van der Waals surface area contributed by atoms with Gasteiger partial charge in [-0.25, -0.2) is 0 Å². The molecule has 5 heteroatoms. The van der Waals surface area contributed by atoms with Crippen molar-refractivity contribution < 1.29 is 24.2 Å². The average molecular weight is 481 g/mol. The summed E-state index contributed by atoms with van der Waals surface area (Å²) < 4.78 is 10.2. The van der Waals surface area contributed by atoms with Crippen molar-refractivity contribution in [1.29, 1.82) is 0 Å². The molecule has 1 unspecified atom stereocenters. The zero-order valence-electron chi connectivity index (χ0n) is 22.1. The Kier molecular flexibility index (Phi) is 24.8. The lowest BCUT2D eigenvalue weighted by atomic mass is 10.1. The number of ether oxygens (including phenoxy) is 2. The van der Waals surface area contributed by atoms with E-state index in [0.29, 0.717) is 19.3 Å². The molecule has 0 aromatic rings. The van der Waals surface area contributed by atoms with Crippen molar-refractivity contribution in [2.75, 3.05) is 13.2 Å². The van der Waals surface area contributed by atoms with Crippen LogP contribution in [-0.4, -0.2) is 36.4 Å². The largest absolute Gasteiger partial charge is 0.462 e. The van der Waals surface area contributed by atoms with Gasteiger partial charge in [-0.2, -0.15) is 0 Å². The Morgan fingerprint density at radius 2 is 1.24 bits per heavy atom. The number of esters is 2. The quantitative estimate of drug-likeness (QED) is 0.0874. The number of aliphatic hydroxyl groups excluding tert-OH is 1. The molecule has 0 saturated heterocycles. The lowest BCUT2D eigenvalue weighted by Crippen LogP contribution is -2.28. The first-order valence-corrected chi connectivity index (χ1v) is 13.9. The van der Waals surface area contributed by atoms with Crippen LogP contribution in [0.3, 0.4) is 0 Å². The molecule has 1 atom stereocenters. The van der Waals surface area contributed by atoms with Gasteiger partial charge in [0.05, 0.1) is 6.61 Å². The second kappa shape index (κ2) is 26.0. The van der Waals surface area contributed by atoms with E-state index in [0.717, 1.165) is 25.7 Å². The van der Waals surface area contributed by atoms with Crippen molar-refractivity contribution in [3.05, 3.63) is 24.3 Å². The first kappa shape index (κ1) is 32.4. The van der Waals surface area contributed by atoms with Crippen LogP contribution in [0.4, 0.5) is 0 Å². The number of carbonyl (C=O) groups is 2. The van der Waals surface area contributed by atoms with Gasteiger partial charge in [-0.1, -0.05) is 95.9 Å². The Morgan fingerprint density at radius 3 is 1.79 bits per heavy atom. The Hall–Kier alpha value is -1.62. The highest BCUT2D eigenvalue weighted by Gasteiger charge is 2.15. The third-order valence-electron chi connectivity index (χ3n) is 5.72. The fraction of sp³-hybridized carbons (Fsp3) is 0.793. The van der Waals surface area contributed by atoms with Crippen molar-refractivity contribution >= 4 is 11.9 Å². The summed E-state index contributed by atoms with van der Waals surface area (Å²) in [5.41, 5.74) is 0. The van der Waals surface area contributed by atoms with Gasteiger partial charge >= 0.3 is 11.9 Å². The normalized spacial score (nSPS) is 12.4. The second-order valence-electron chi connectivity index (χ2n) is 9.12. The minimum atomic E-state index is -0.763. The van der Waals surface area contributed by atoms with E-state index in [1.807, 2.05) is 6.92 Å². The van der Waals surface area contributed by atoms with Crippen molar-refractivity contribution in [3.63, 3.8) is 0 Å². The maximum Gasteiger partial charge on any atom is 0.306 e. The van der Waals surface area contributed by atoms with E-state index in [2.05, 4.69) is 31.2 Å². The minimum Gasteiger partial charge on any atom is -0.462 e. The highest BCUT2D eigenvalue weighted by Crippen LogP contribution is 2.12. The van der Waals surface area contributed by atoms with Gasteiger partial charge in [0.15, 0.2) is 6.10 Å². The van der Waals surface area contributed by atoms with Gasteiger partial charge in [0.1, 0.15) is 6.61 Å². The van der Waals surface area contributed by atoms with Gasteiger partial charge in [0.2, 0.25) is 0 Å². The minimum absolute atomic E-state index is 0.0755. The van der Waals surface area contributed by atoms with Gasteiger partial charge < -0.3 is 14.6 Å². The molecule has 0 heterocycles. The van der Waals surface area contributed by atoms with Crippen molar-refractivity contribution in [2.24, 2.45) is 0 Å². The number of carbonyl (C=O) groups excluding carboxylic acids is 2. The Morgan fingerprint density at radius 1 is 0.676 bits per heavy atom. The van der Waals surface area contributed by atoms with Gasteiger partial charge in [0, 0.05) is 12.8 Å². The van der Waals surface area contributed by atoms with Crippen LogP contribution in [0.15, 0.2) is 24.3 Å². The van der Waals surface area contributed by atoms with E-state index in [1.54, 1.807) is 0 Å². The van der Waals surface area contributed by atoms with Crippen LogP contribution in [0.2, 0.25) is 0 Å². The molecule has 5 nitrogen and oxygen atoms in total. The number of hydrogen-bond donors (Lipinski definition) is 1. The zero-order valence-corrected chi connectivity index (χ0v) is 22.1. The van der Waals surface area contributed by atoms with Gasteiger partial charge in [0.25, 0.3) is 0 Å². The van der Waals surface area contributed by atoms with E-state index in [4.69, 9.17) is 9.47 Å². The van der Waals surface area contributed by atoms with Crippen LogP contribution in [0.1, 0.15) is 129 Å². The third kappa shape index (κ3) is 23.5. The smallest absolute Gasteiger partial charge is 0.306 e. The molecular weight excluding hydrogens is 428 g/mol. The van der Waals surface area contributed by atoms with Crippen molar-refractivity contribution in [3.8, 4) is 0 Å². The molecule has 0 fully saturated rings. The number of unbranched alkanes of at least 4 members (excludes halogenated alkanes) is 12. The SMILES string of the molecule is CCCCC/C=C\C/C=C\CCCCCCCCCCCC(=O)OC(CO)COC(=O)CCC. The van der Waals surface area contributed by atoms with Crippen LogP contribution in [0, 0.1) is 0 Å². The summed E-state index contributed by atoms with van der Waals surface area (Å²) in [4.78, 5) is 23.2. The predicted molar refractivity (Wildman–Crippen MR) is 141 cm³/mol. The maximum atomic E-state index is 11.9. The highest BCUT2D eigenvalue weighted by atomic mass is 16.6. The van der Waals surface area contributed by atoms with Crippen LogP contribution < -0.4 is 0 Å². The average Bonchev–Trinajstić information content (AvgIpc) is 2.83. The zero-order chi connectivity index (χ0) is 25.1. The lowest BCUT2D eigenvalue weighted by Gasteiger charge is -2.15. The van der Waals surface area contributed by atoms with Crippen LogP contribution in [0.5, 0.6) is 0 Å². The number of allylic oxidation sites excluding steroid dienone is 4. The summed E-state index contributed by atoms with van der Waals surface area (Å²) in [5, 5.41) is 9.28. The summed E-state index contributed by atoms with van der Waals surface area (Å²) in [6.45, 7) is 3.72. The van der Waals surface area contributed by atoms with Crippen LogP contribution in [-0.2, 0) is 19.1 Å². The molecule has 0 bridgehead atoms. The first-order valence-electron chi connectivity index (χ1n) is 13.9. The van der Waals surface area contributed by atoms with Crippen LogP contribution >= 0.6 is 0 Å². The molecule has 0 aromatic heterocycles. The Balaban J connectivity index is 3.45. The summed E-state index contributed by atoms with van der Waals surface area (Å²) in [5.74, 6) is -0.659. The maximum absolute atomic E-state index is 11.9. The molecule has 0 amide bonds. The molecule has 0 radical (unpaired) electrons. The second-order valence-corrected chi connectivity index (χ2v) is 9.12. The molecular formula is C29H52O5. The summed E-state index contributed by atoms with van der Waals surface area (Å²) in [6.07, 6.45) is 27.9. The monoisotopic (exact) mass is 480 g/mol. The first-order chi connectivity index (χ1) is 16.6. The lowest BCUT2D eigenvalue weighted by molar-refractivity contribution is -0.161. The van der Waals surface area contributed by atoms with Gasteiger partial charge in [-0.05, 0) is 44.9 Å². The van der Waals surface area contributed by atoms with Gasteiger partial charge in [-0.3, -0.25) is 9.59 Å². The molecule has 0 aromatic carbocycles. The molecule has 1 N–H and O–H groups in total. The Labute approximate surface area is 209 Å². The molecule has 0 aliphatic carbocycles. The summed E-state index contributed by atoms with van der Waals surface area (Å²) >= 11 is 0. The van der Waals surface area contributed by atoms with E-state index < -0.39 is 6.10 Å². The fourth-order valence-electron chi connectivity index (χ4n) is 3.62. The van der Waals surface area contributed by atoms with E-state index in [9.17, 15) is 14.7 Å². The van der Waals surface area contributed by atoms with E-state index >= 15 is 0 Å². The highest BCUT2D eigenvalue weighted by molar-refractivity contribution is 5.70. The number of hydrogen-bond acceptors (Lipinski definition) is 5. The van der Waals surface area contributed by atoms with E-state index in [-0.39, 0.29) is 25.2 Å². The predicted octanol–water partition coefficient (Wildman–Crippen LogP) is 7.61. The van der Waals surface area contributed by atoms with Crippen molar-refractivity contribution in [1.82, 2.24) is 0 Å². The Bertz CT molecular complexity index is 527.